The second-order valence-corrected chi connectivity index (χ2v) is 3.48. The monoisotopic (exact) mass is 184 g/mol. The maximum atomic E-state index is 11.2. The Balaban J connectivity index is 2.34. The van der Waals surface area contributed by atoms with Gasteiger partial charge in [0.25, 0.3) is 0 Å². The van der Waals surface area contributed by atoms with Gasteiger partial charge in [0.2, 0.25) is 0 Å². The Kier molecular flexibility index (Phi) is 3.80. The summed E-state index contributed by atoms with van der Waals surface area (Å²) in [7, 11) is 0. The summed E-state index contributed by atoms with van der Waals surface area (Å²) in [6, 6.07) is 0. The average Bonchev–Trinajstić information content (AvgIpc) is 2.18. The molecule has 13 heavy (non-hydrogen) atoms. The molecule has 1 N–H and O–H groups in total. The molecule has 0 saturated heterocycles. The molecule has 0 unspecified atom stereocenters. The highest BCUT2D eigenvalue weighted by molar-refractivity contribution is 5.87. The Hall–Kier alpha value is -0.990. The van der Waals surface area contributed by atoms with Crippen molar-refractivity contribution in [1.29, 1.82) is 0 Å². The fourth-order valence-corrected chi connectivity index (χ4v) is 1.48. The Labute approximate surface area is 78.4 Å². The minimum absolute atomic E-state index is 0.0659. The number of aliphatic hydroxyl groups excluding tert-OH is 1. The molecule has 0 spiro atoms. The molecule has 1 saturated carbocycles. The van der Waals surface area contributed by atoms with Crippen LogP contribution >= 0.6 is 0 Å². The summed E-state index contributed by atoms with van der Waals surface area (Å²) in [4.78, 5) is 11.2. The van der Waals surface area contributed by atoms with Crippen molar-refractivity contribution in [3.8, 4) is 0 Å². The van der Waals surface area contributed by atoms with E-state index >= 15 is 0 Å². The van der Waals surface area contributed by atoms with Crippen LogP contribution in [0, 0.1) is 0 Å². The topological polar surface area (TPSA) is 46.5 Å². The zero-order chi connectivity index (χ0) is 9.68. The van der Waals surface area contributed by atoms with Gasteiger partial charge in [0, 0.05) is 0 Å². The summed E-state index contributed by atoms with van der Waals surface area (Å²) >= 11 is 0. The molecule has 1 rings (SSSR count). The first-order valence-electron chi connectivity index (χ1n) is 4.76. The van der Waals surface area contributed by atoms with E-state index in [0.29, 0.717) is 0 Å². The molecule has 1 fully saturated rings. The first kappa shape index (κ1) is 10.1. The Morgan fingerprint density at radius 2 is 2.00 bits per heavy atom. The molecule has 0 atom stereocenters. The van der Waals surface area contributed by atoms with Gasteiger partial charge in [-0.2, -0.15) is 0 Å². The number of hydrogen-bond acceptors (Lipinski definition) is 3. The Morgan fingerprint density at radius 3 is 2.54 bits per heavy atom. The summed E-state index contributed by atoms with van der Waals surface area (Å²) in [5.74, 6) is -0.394. The highest BCUT2D eigenvalue weighted by Gasteiger charge is 2.18. The van der Waals surface area contributed by atoms with Crippen LogP contribution < -0.4 is 0 Å². The quantitative estimate of drug-likeness (QED) is 0.407. The number of aliphatic hydroxyl groups is 1. The molecule has 1 aliphatic carbocycles. The van der Waals surface area contributed by atoms with Crippen molar-refractivity contribution >= 4 is 5.97 Å². The molecule has 0 bridgehead atoms. The van der Waals surface area contributed by atoms with Crippen LogP contribution in [-0.2, 0) is 9.53 Å². The van der Waals surface area contributed by atoms with Gasteiger partial charge in [0.1, 0.15) is 6.10 Å². The number of carbonyl (C=O) groups excluding carboxylic acids is 1. The number of ether oxygens (including phenoxy) is 1. The lowest BCUT2D eigenvalue weighted by Gasteiger charge is -2.21. The van der Waals surface area contributed by atoms with E-state index in [1.807, 2.05) is 0 Å². The minimum atomic E-state index is -0.394. The zero-order valence-corrected chi connectivity index (χ0v) is 7.95. The first-order chi connectivity index (χ1) is 6.24. The van der Waals surface area contributed by atoms with Crippen molar-refractivity contribution in [2.45, 2.75) is 45.1 Å². The molecule has 3 heteroatoms. The van der Waals surface area contributed by atoms with Gasteiger partial charge in [-0.05, 0) is 32.6 Å². The summed E-state index contributed by atoms with van der Waals surface area (Å²) < 4.78 is 5.18. The van der Waals surface area contributed by atoms with Crippen LogP contribution in [-0.4, -0.2) is 17.2 Å². The molecule has 0 aliphatic heterocycles. The van der Waals surface area contributed by atoms with Gasteiger partial charge < -0.3 is 9.84 Å². The number of carbonyl (C=O) groups is 1. The predicted octanol–water partition coefficient (Wildman–Crippen LogP) is 2.32. The van der Waals surface area contributed by atoms with Gasteiger partial charge >= 0.3 is 5.97 Å². The van der Waals surface area contributed by atoms with Crippen molar-refractivity contribution in [3.63, 3.8) is 0 Å². The molecule has 3 nitrogen and oxygen atoms in total. The van der Waals surface area contributed by atoms with Crippen LogP contribution in [0.1, 0.15) is 39.0 Å². The van der Waals surface area contributed by atoms with Crippen molar-refractivity contribution < 1.29 is 14.6 Å². The highest BCUT2D eigenvalue weighted by Crippen LogP contribution is 2.20. The minimum Gasteiger partial charge on any atom is -0.515 e. The van der Waals surface area contributed by atoms with E-state index in [0.717, 1.165) is 31.9 Å². The lowest BCUT2D eigenvalue weighted by molar-refractivity contribution is -0.145. The molecule has 0 radical (unpaired) electrons. The van der Waals surface area contributed by atoms with E-state index in [2.05, 4.69) is 0 Å². The summed E-state index contributed by atoms with van der Waals surface area (Å²) in [5.41, 5.74) is 0.269. The van der Waals surface area contributed by atoms with Crippen molar-refractivity contribution in [2.75, 3.05) is 0 Å². The lowest BCUT2D eigenvalue weighted by Crippen LogP contribution is -2.21. The molecule has 0 aromatic carbocycles. The van der Waals surface area contributed by atoms with Gasteiger partial charge in [0.15, 0.2) is 0 Å². The van der Waals surface area contributed by atoms with E-state index in [1.165, 1.54) is 6.42 Å². The van der Waals surface area contributed by atoms with E-state index in [1.54, 1.807) is 6.92 Å². The number of rotatable bonds is 2. The summed E-state index contributed by atoms with van der Waals surface area (Å²) in [6.45, 7) is 1.55. The molecule has 1 aliphatic rings. The SMILES string of the molecule is CC(=CO)C(=O)OC1CCCCC1. The van der Waals surface area contributed by atoms with E-state index in [4.69, 9.17) is 9.84 Å². The van der Waals surface area contributed by atoms with E-state index in [-0.39, 0.29) is 11.7 Å². The molecule has 0 heterocycles. The standard InChI is InChI=1S/C10H16O3/c1-8(7-11)10(12)13-9-5-3-2-4-6-9/h7,9,11H,2-6H2,1H3. The largest absolute Gasteiger partial charge is 0.515 e. The van der Waals surface area contributed by atoms with Gasteiger partial charge in [-0.15, -0.1) is 0 Å². The molecule has 74 valence electrons. The second-order valence-electron chi connectivity index (χ2n) is 3.48. The van der Waals surface area contributed by atoms with Crippen molar-refractivity contribution in [3.05, 3.63) is 11.8 Å². The molecule has 0 amide bonds. The van der Waals surface area contributed by atoms with Crippen LogP contribution in [0.5, 0.6) is 0 Å². The second kappa shape index (κ2) is 4.90. The lowest BCUT2D eigenvalue weighted by atomic mass is 9.98. The molecule has 0 aromatic rings. The third-order valence-corrected chi connectivity index (χ3v) is 2.34. The number of hydrogen-bond donors (Lipinski definition) is 1. The normalized spacial score (nSPS) is 19.9. The molecular formula is C10H16O3. The fraction of sp³-hybridized carbons (Fsp3) is 0.700. The van der Waals surface area contributed by atoms with Crippen molar-refractivity contribution in [2.24, 2.45) is 0 Å². The molecule has 0 aromatic heterocycles. The van der Waals surface area contributed by atoms with Gasteiger partial charge in [0.05, 0.1) is 11.8 Å². The zero-order valence-electron chi connectivity index (χ0n) is 7.95. The molecular weight excluding hydrogens is 168 g/mol. The third-order valence-electron chi connectivity index (χ3n) is 2.34. The maximum absolute atomic E-state index is 11.2. The van der Waals surface area contributed by atoms with Crippen LogP contribution in [0.15, 0.2) is 11.8 Å². The van der Waals surface area contributed by atoms with Gasteiger partial charge in [-0.25, -0.2) is 4.79 Å². The van der Waals surface area contributed by atoms with E-state index in [9.17, 15) is 4.79 Å². The van der Waals surface area contributed by atoms with Crippen LogP contribution in [0.3, 0.4) is 0 Å². The van der Waals surface area contributed by atoms with E-state index < -0.39 is 5.97 Å². The van der Waals surface area contributed by atoms with Gasteiger partial charge in [-0.1, -0.05) is 6.42 Å². The van der Waals surface area contributed by atoms with Crippen LogP contribution in [0.25, 0.3) is 0 Å². The summed E-state index contributed by atoms with van der Waals surface area (Å²) in [6.07, 6.45) is 6.30. The predicted molar refractivity (Wildman–Crippen MR) is 49.4 cm³/mol. The van der Waals surface area contributed by atoms with Crippen molar-refractivity contribution in [1.82, 2.24) is 0 Å². The van der Waals surface area contributed by atoms with Gasteiger partial charge in [-0.3, -0.25) is 0 Å². The average molecular weight is 184 g/mol. The fourth-order valence-electron chi connectivity index (χ4n) is 1.48. The number of esters is 1. The smallest absolute Gasteiger partial charge is 0.337 e. The highest BCUT2D eigenvalue weighted by atomic mass is 16.5. The Morgan fingerprint density at radius 1 is 1.38 bits per heavy atom. The van der Waals surface area contributed by atoms with Crippen LogP contribution in [0.4, 0.5) is 0 Å². The Bertz CT molecular complexity index is 202. The van der Waals surface area contributed by atoms with Crippen LogP contribution in [0.2, 0.25) is 0 Å². The summed E-state index contributed by atoms with van der Waals surface area (Å²) in [5, 5.41) is 8.57. The third kappa shape index (κ3) is 3.09. The maximum Gasteiger partial charge on any atom is 0.337 e. The first-order valence-corrected chi connectivity index (χ1v) is 4.76.